The van der Waals surface area contributed by atoms with Crippen molar-refractivity contribution in [2.75, 3.05) is 0 Å². The van der Waals surface area contributed by atoms with E-state index < -0.39 is 5.97 Å². The second-order valence-electron chi connectivity index (χ2n) is 3.84. The number of fused-ring (bicyclic) bond motifs is 1. The third-order valence-electron chi connectivity index (χ3n) is 2.60. The molecule has 2 N–H and O–H groups in total. The number of thiazole rings is 1. The fourth-order valence-corrected chi connectivity index (χ4v) is 2.40. The molecule has 0 saturated heterocycles. The lowest BCUT2D eigenvalue weighted by Gasteiger charge is -1.93. The number of H-pyrrole nitrogens is 1. The van der Waals surface area contributed by atoms with Gasteiger partial charge in [-0.1, -0.05) is 6.07 Å². The summed E-state index contributed by atoms with van der Waals surface area (Å²) < 4.78 is 0. The molecule has 0 unspecified atom stereocenters. The number of nitrogens with zero attached hydrogens (tertiary/aromatic N) is 2. The number of carbonyl (C=O) groups is 1. The fraction of sp³-hybridized carbons (Fsp3) is 0.0833. The van der Waals surface area contributed by atoms with Gasteiger partial charge in [-0.25, -0.2) is 14.8 Å². The average molecular weight is 259 g/mol. The molecule has 0 radical (unpaired) electrons. The molecular formula is C12H9N3O2S. The molecule has 0 fully saturated rings. The highest BCUT2D eigenvalue weighted by Gasteiger charge is 2.14. The highest BCUT2D eigenvalue weighted by Crippen LogP contribution is 2.23. The van der Waals surface area contributed by atoms with Crippen LogP contribution in [0.25, 0.3) is 22.6 Å². The quantitative estimate of drug-likeness (QED) is 0.741. The second kappa shape index (κ2) is 3.92. The van der Waals surface area contributed by atoms with Crippen molar-refractivity contribution in [2.45, 2.75) is 6.92 Å². The number of aromatic carboxylic acids is 1. The van der Waals surface area contributed by atoms with Crippen LogP contribution >= 0.6 is 11.3 Å². The van der Waals surface area contributed by atoms with Crippen LogP contribution in [0.1, 0.15) is 15.4 Å². The Morgan fingerprint density at radius 1 is 1.39 bits per heavy atom. The molecule has 0 aliphatic rings. The van der Waals surface area contributed by atoms with E-state index in [1.54, 1.807) is 18.2 Å². The van der Waals surface area contributed by atoms with E-state index in [9.17, 15) is 4.79 Å². The average Bonchev–Trinajstić information content (AvgIpc) is 2.93. The maximum atomic E-state index is 11.1. The van der Waals surface area contributed by atoms with Crippen molar-refractivity contribution in [3.05, 3.63) is 34.2 Å². The molecule has 0 spiro atoms. The van der Waals surface area contributed by atoms with Crippen molar-refractivity contribution in [2.24, 2.45) is 0 Å². The smallest absolute Gasteiger partial charge is 0.337 e. The van der Waals surface area contributed by atoms with Crippen molar-refractivity contribution in [1.82, 2.24) is 15.0 Å². The zero-order valence-electron chi connectivity index (χ0n) is 9.47. The topological polar surface area (TPSA) is 78.9 Å². The first kappa shape index (κ1) is 10.9. The van der Waals surface area contributed by atoms with Crippen LogP contribution in [0.5, 0.6) is 0 Å². The molecule has 0 aliphatic heterocycles. The number of hydrogen-bond acceptors (Lipinski definition) is 4. The van der Waals surface area contributed by atoms with Crippen molar-refractivity contribution in [3.8, 4) is 11.5 Å². The van der Waals surface area contributed by atoms with Gasteiger partial charge in [-0.05, 0) is 19.1 Å². The van der Waals surface area contributed by atoms with Crippen molar-refractivity contribution < 1.29 is 9.90 Å². The highest BCUT2D eigenvalue weighted by molar-refractivity contribution is 7.09. The van der Waals surface area contributed by atoms with E-state index in [2.05, 4.69) is 15.0 Å². The van der Waals surface area contributed by atoms with Gasteiger partial charge in [0.15, 0.2) is 5.82 Å². The Kier molecular flexibility index (Phi) is 2.38. The van der Waals surface area contributed by atoms with Gasteiger partial charge in [-0.2, -0.15) is 0 Å². The predicted octanol–water partition coefficient (Wildman–Crippen LogP) is 2.69. The third-order valence-corrected chi connectivity index (χ3v) is 3.38. The molecule has 0 atom stereocenters. The van der Waals surface area contributed by atoms with E-state index in [1.165, 1.54) is 11.3 Å². The van der Waals surface area contributed by atoms with Gasteiger partial charge in [0, 0.05) is 5.38 Å². The van der Waals surface area contributed by atoms with Crippen LogP contribution in [0.2, 0.25) is 0 Å². The lowest BCUT2D eigenvalue weighted by atomic mass is 10.2. The molecule has 0 saturated carbocycles. The molecule has 0 amide bonds. The summed E-state index contributed by atoms with van der Waals surface area (Å²) in [6.45, 7) is 1.92. The molecular weight excluding hydrogens is 250 g/mol. The number of aromatic nitrogens is 3. The lowest BCUT2D eigenvalue weighted by molar-refractivity contribution is 0.0699. The molecule has 1 aromatic carbocycles. The zero-order chi connectivity index (χ0) is 12.7. The van der Waals surface area contributed by atoms with Crippen molar-refractivity contribution in [1.29, 1.82) is 0 Å². The number of hydrogen-bond donors (Lipinski definition) is 2. The van der Waals surface area contributed by atoms with Gasteiger partial charge >= 0.3 is 5.97 Å². The number of imidazole rings is 1. The number of para-hydroxylation sites is 1. The van der Waals surface area contributed by atoms with E-state index in [4.69, 9.17) is 5.11 Å². The Morgan fingerprint density at radius 2 is 2.22 bits per heavy atom. The lowest BCUT2D eigenvalue weighted by Crippen LogP contribution is -1.96. The normalized spacial score (nSPS) is 10.9. The summed E-state index contributed by atoms with van der Waals surface area (Å²) in [6, 6.07) is 5.04. The van der Waals surface area contributed by atoms with Crippen LogP contribution in [0.3, 0.4) is 0 Å². The number of aromatic amines is 1. The first-order valence-corrected chi connectivity index (χ1v) is 6.17. The molecule has 0 bridgehead atoms. The standard InChI is InChI=1S/C12H9N3O2S/c1-6-13-9(5-18-6)11-14-8-4-2-3-7(12(16)17)10(8)15-11/h2-5H,1H3,(H,14,15)(H,16,17). The summed E-state index contributed by atoms with van der Waals surface area (Å²) >= 11 is 1.53. The maximum Gasteiger partial charge on any atom is 0.337 e. The number of carboxylic acids is 1. The largest absolute Gasteiger partial charge is 0.478 e. The summed E-state index contributed by atoms with van der Waals surface area (Å²) in [5.41, 5.74) is 2.10. The minimum Gasteiger partial charge on any atom is -0.478 e. The monoisotopic (exact) mass is 259 g/mol. The van der Waals surface area contributed by atoms with Gasteiger partial charge in [0.05, 0.1) is 16.1 Å². The number of nitrogens with one attached hydrogen (secondary N) is 1. The maximum absolute atomic E-state index is 11.1. The molecule has 90 valence electrons. The minimum atomic E-state index is -0.979. The molecule has 3 rings (SSSR count). The third kappa shape index (κ3) is 1.67. The summed E-state index contributed by atoms with van der Waals surface area (Å²) in [7, 11) is 0. The molecule has 5 nitrogen and oxygen atoms in total. The van der Waals surface area contributed by atoms with Gasteiger partial charge < -0.3 is 10.1 Å². The Balaban J connectivity index is 2.22. The van der Waals surface area contributed by atoms with Crippen LogP contribution in [-0.2, 0) is 0 Å². The summed E-state index contributed by atoms with van der Waals surface area (Å²) in [4.78, 5) is 22.8. The first-order valence-electron chi connectivity index (χ1n) is 5.29. The zero-order valence-corrected chi connectivity index (χ0v) is 10.3. The Morgan fingerprint density at radius 3 is 2.89 bits per heavy atom. The fourth-order valence-electron chi connectivity index (χ4n) is 1.80. The molecule has 6 heteroatoms. The number of rotatable bonds is 2. The van der Waals surface area contributed by atoms with E-state index in [0.29, 0.717) is 16.9 Å². The van der Waals surface area contributed by atoms with E-state index in [1.807, 2.05) is 12.3 Å². The van der Waals surface area contributed by atoms with Crippen LogP contribution < -0.4 is 0 Å². The van der Waals surface area contributed by atoms with E-state index >= 15 is 0 Å². The van der Waals surface area contributed by atoms with Crippen LogP contribution in [0.15, 0.2) is 23.6 Å². The van der Waals surface area contributed by atoms with Crippen molar-refractivity contribution in [3.63, 3.8) is 0 Å². The predicted molar refractivity (Wildman–Crippen MR) is 68.9 cm³/mol. The second-order valence-corrected chi connectivity index (χ2v) is 4.91. The van der Waals surface area contributed by atoms with Gasteiger partial charge in [0.25, 0.3) is 0 Å². The van der Waals surface area contributed by atoms with Gasteiger partial charge in [-0.3, -0.25) is 0 Å². The van der Waals surface area contributed by atoms with E-state index in [-0.39, 0.29) is 5.56 Å². The highest BCUT2D eigenvalue weighted by atomic mass is 32.1. The molecule has 3 aromatic rings. The Bertz CT molecular complexity index is 745. The summed E-state index contributed by atoms with van der Waals surface area (Å²) in [5, 5.41) is 11.9. The van der Waals surface area contributed by atoms with Crippen LogP contribution in [-0.4, -0.2) is 26.0 Å². The molecule has 2 aromatic heterocycles. The Labute approximate surface area is 106 Å². The van der Waals surface area contributed by atoms with Crippen LogP contribution in [0, 0.1) is 6.92 Å². The Hall–Kier alpha value is -2.21. The number of aryl methyl sites for hydroxylation is 1. The van der Waals surface area contributed by atoms with Gasteiger partial charge in [-0.15, -0.1) is 11.3 Å². The van der Waals surface area contributed by atoms with Crippen LogP contribution in [0.4, 0.5) is 0 Å². The van der Waals surface area contributed by atoms with Crippen molar-refractivity contribution >= 4 is 28.3 Å². The number of carboxylic acid groups (broad SMARTS) is 1. The summed E-state index contributed by atoms with van der Waals surface area (Å²) in [5.74, 6) is -0.379. The first-order chi connectivity index (χ1) is 8.65. The SMILES string of the molecule is Cc1nc(-c2nc3c(C(=O)O)cccc3[nH]2)cs1. The molecule has 2 heterocycles. The molecule has 18 heavy (non-hydrogen) atoms. The molecule has 0 aliphatic carbocycles. The number of benzene rings is 1. The minimum absolute atomic E-state index is 0.196. The van der Waals surface area contributed by atoms with Gasteiger partial charge in [0.2, 0.25) is 0 Å². The van der Waals surface area contributed by atoms with Gasteiger partial charge in [0.1, 0.15) is 11.2 Å². The summed E-state index contributed by atoms with van der Waals surface area (Å²) in [6.07, 6.45) is 0. The van der Waals surface area contributed by atoms with E-state index in [0.717, 1.165) is 10.7 Å².